The fraction of sp³-hybridized carbons (Fsp3) is 0.677. The van der Waals surface area contributed by atoms with E-state index >= 15 is 0 Å². The summed E-state index contributed by atoms with van der Waals surface area (Å²) in [6.45, 7) is 12.7. The Kier molecular flexibility index (Phi) is 11.2. The highest BCUT2D eigenvalue weighted by atomic mass is 16.5. The van der Waals surface area contributed by atoms with Gasteiger partial charge in [0.25, 0.3) is 0 Å². The molecule has 0 saturated heterocycles. The van der Waals surface area contributed by atoms with Gasteiger partial charge in [0.05, 0.1) is 38.0 Å². The number of aliphatic imine (C=N–C) groups is 2. The molecular weight excluding hydrogens is 528 g/mol. The fourth-order valence-corrected chi connectivity index (χ4v) is 5.80. The van der Waals surface area contributed by atoms with Crippen LogP contribution in [-0.2, 0) is 28.7 Å². The van der Waals surface area contributed by atoms with E-state index in [2.05, 4.69) is 4.99 Å². The number of nitrogens with zero attached hydrogens (tertiary/aromatic N) is 2. The number of hydrogen-bond donors (Lipinski definition) is 2. The SMILES string of the molecule is CCCC(=NCC(C)N=C(CCC)C1=C(O)C(C(=O)OC)C(C)(C)CC1=O)C1=C(O)C(C(=O)OC)C(C)(C)CC1=O. The van der Waals surface area contributed by atoms with Crippen molar-refractivity contribution in [3.63, 3.8) is 0 Å². The molecule has 2 aliphatic carbocycles. The molecule has 3 atom stereocenters. The molecule has 228 valence electrons. The average Bonchev–Trinajstić information content (AvgIpc) is 2.85. The van der Waals surface area contributed by atoms with Crippen LogP contribution in [0.5, 0.6) is 0 Å². The Balaban J connectivity index is 2.54. The molecule has 0 radical (unpaired) electrons. The molecule has 0 aromatic rings. The highest BCUT2D eigenvalue weighted by molar-refractivity contribution is 6.24. The highest BCUT2D eigenvalue weighted by Gasteiger charge is 2.49. The number of ether oxygens (including phenoxy) is 2. The first-order valence-electron chi connectivity index (χ1n) is 14.3. The predicted octanol–water partition coefficient (Wildman–Crippen LogP) is 5.06. The van der Waals surface area contributed by atoms with Crippen LogP contribution in [0.2, 0.25) is 0 Å². The third-order valence-electron chi connectivity index (χ3n) is 7.76. The van der Waals surface area contributed by atoms with Crippen LogP contribution in [0.3, 0.4) is 0 Å². The third kappa shape index (κ3) is 7.32. The van der Waals surface area contributed by atoms with Crippen molar-refractivity contribution in [2.75, 3.05) is 20.8 Å². The minimum Gasteiger partial charge on any atom is -0.511 e. The minimum atomic E-state index is -0.994. The van der Waals surface area contributed by atoms with Gasteiger partial charge in [0.15, 0.2) is 11.6 Å². The van der Waals surface area contributed by atoms with Gasteiger partial charge in [0.1, 0.15) is 23.4 Å². The van der Waals surface area contributed by atoms with Crippen LogP contribution in [0.4, 0.5) is 0 Å². The molecule has 10 heteroatoms. The number of carbonyl (C=O) groups is 4. The largest absolute Gasteiger partial charge is 0.511 e. The number of Topliss-reactive ketones (excluding diaryl/α,β-unsaturated/α-hetero) is 2. The quantitative estimate of drug-likeness (QED) is 0.257. The number of rotatable bonds is 11. The maximum atomic E-state index is 13.2. The second-order valence-corrected chi connectivity index (χ2v) is 12.3. The first-order valence-corrected chi connectivity index (χ1v) is 14.3. The Morgan fingerprint density at radius 3 is 1.61 bits per heavy atom. The van der Waals surface area contributed by atoms with Crippen LogP contribution in [0, 0.1) is 22.7 Å². The van der Waals surface area contributed by atoms with E-state index in [1.165, 1.54) is 14.2 Å². The lowest BCUT2D eigenvalue weighted by atomic mass is 9.67. The van der Waals surface area contributed by atoms with Crippen LogP contribution in [0.25, 0.3) is 0 Å². The third-order valence-corrected chi connectivity index (χ3v) is 7.76. The maximum Gasteiger partial charge on any atom is 0.316 e. The van der Waals surface area contributed by atoms with Gasteiger partial charge in [-0.15, -0.1) is 0 Å². The summed E-state index contributed by atoms with van der Waals surface area (Å²) in [6.07, 6.45) is 2.19. The number of ketones is 2. The zero-order valence-corrected chi connectivity index (χ0v) is 25.9. The zero-order valence-electron chi connectivity index (χ0n) is 25.9. The Hall–Kier alpha value is -3.30. The van der Waals surface area contributed by atoms with Crippen LogP contribution < -0.4 is 0 Å². The Labute approximate surface area is 243 Å². The molecule has 41 heavy (non-hydrogen) atoms. The molecule has 0 aromatic carbocycles. The van der Waals surface area contributed by atoms with E-state index in [9.17, 15) is 29.4 Å². The first-order chi connectivity index (χ1) is 19.1. The number of hydrogen-bond acceptors (Lipinski definition) is 10. The summed E-state index contributed by atoms with van der Waals surface area (Å²) in [6, 6.07) is -0.461. The molecule has 0 amide bonds. The van der Waals surface area contributed by atoms with Gasteiger partial charge in [0.2, 0.25) is 0 Å². The van der Waals surface area contributed by atoms with Crippen molar-refractivity contribution in [3.8, 4) is 0 Å². The lowest BCUT2D eigenvalue weighted by Crippen LogP contribution is -2.42. The van der Waals surface area contributed by atoms with Gasteiger partial charge in [-0.25, -0.2) is 0 Å². The summed E-state index contributed by atoms with van der Waals surface area (Å²) < 4.78 is 9.84. The van der Waals surface area contributed by atoms with E-state index in [4.69, 9.17) is 14.5 Å². The van der Waals surface area contributed by atoms with Crippen molar-refractivity contribution in [3.05, 3.63) is 22.7 Å². The van der Waals surface area contributed by atoms with E-state index in [-0.39, 0.29) is 53.6 Å². The van der Waals surface area contributed by atoms with Crippen LogP contribution in [0.15, 0.2) is 32.6 Å². The summed E-state index contributed by atoms with van der Waals surface area (Å²) in [5.41, 5.74) is -0.751. The number of aliphatic hydroxyl groups is 2. The van der Waals surface area contributed by atoms with Crippen molar-refractivity contribution in [1.82, 2.24) is 0 Å². The number of methoxy groups -OCH3 is 2. The molecular formula is C31H46N2O8. The zero-order chi connectivity index (χ0) is 31.3. The minimum absolute atomic E-state index is 0.0509. The summed E-state index contributed by atoms with van der Waals surface area (Å²) in [7, 11) is 2.49. The van der Waals surface area contributed by atoms with Crippen LogP contribution in [-0.4, -0.2) is 71.9 Å². The summed E-state index contributed by atoms with van der Waals surface area (Å²) >= 11 is 0. The molecule has 0 bridgehead atoms. The van der Waals surface area contributed by atoms with E-state index in [0.717, 1.165) is 0 Å². The topological polar surface area (TPSA) is 152 Å². The molecule has 2 aliphatic rings. The number of carbonyl (C=O) groups excluding carboxylic acids is 4. The van der Waals surface area contributed by atoms with E-state index in [0.29, 0.717) is 37.1 Å². The van der Waals surface area contributed by atoms with E-state index in [1.807, 2.05) is 13.8 Å². The molecule has 0 aromatic heterocycles. The lowest BCUT2D eigenvalue weighted by molar-refractivity contribution is -0.151. The highest BCUT2D eigenvalue weighted by Crippen LogP contribution is 2.44. The Bertz CT molecular complexity index is 1190. The van der Waals surface area contributed by atoms with Gasteiger partial charge >= 0.3 is 11.9 Å². The molecule has 0 saturated carbocycles. The molecule has 2 rings (SSSR count). The summed E-state index contributed by atoms with van der Waals surface area (Å²) in [5, 5.41) is 22.3. The number of allylic oxidation sites excluding steroid dienone is 2. The van der Waals surface area contributed by atoms with Crippen molar-refractivity contribution in [2.45, 2.75) is 93.0 Å². The van der Waals surface area contributed by atoms with Gasteiger partial charge in [-0.2, -0.15) is 0 Å². The first kappa shape index (κ1) is 33.9. The van der Waals surface area contributed by atoms with Gasteiger partial charge in [-0.1, -0.05) is 54.4 Å². The Morgan fingerprint density at radius 1 is 0.829 bits per heavy atom. The standard InChI is InChI=1S/C31H46N2O8/c1-10-12-18(22-20(34)14-30(4,5)24(26(22)36)28(38)40-8)32-16-17(3)33-19(13-11-2)23-21(35)15-31(6,7)25(27(23)37)29(39)41-9/h17,24-25,36-37H,10-16H2,1-9H3. The lowest BCUT2D eigenvalue weighted by Gasteiger charge is -2.36. The summed E-state index contributed by atoms with van der Waals surface area (Å²) in [4.78, 5) is 60.8. The van der Waals surface area contributed by atoms with Crippen molar-refractivity contribution in [1.29, 1.82) is 0 Å². The summed E-state index contributed by atoms with van der Waals surface area (Å²) in [5.74, 6) is -4.45. The van der Waals surface area contributed by atoms with Crippen molar-refractivity contribution < 1.29 is 38.9 Å². The van der Waals surface area contributed by atoms with E-state index < -0.39 is 40.6 Å². The van der Waals surface area contributed by atoms with Gasteiger partial charge < -0.3 is 19.7 Å². The van der Waals surface area contributed by atoms with Crippen LogP contribution >= 0.6 is 0 Å². The Morgan fingerprint density at radius 2 is 1.22 bits per heavy atom. The van der Waals surface area contributed by atoms with Gasteiger partial charge in [-0.05, 0) is 30.6 Å². The van der Waals surface area contributed by atoms with Crippen LogP contribution in [0.1, 0.15) is 87.0 Å². The molecule has 0 aliphatic heterocycles. The molecule has 2 N–H and O–H groups in total. The number of aliphatic hydroxyl groups excluding tert-OH is 2. The molecule has 0 heterocycles. The number of esters is 2. The fourth-order valence-electron chi connectivity index (χ4n) is 5.80. The van der Waals surface area contributed by atoms with Crippen molar-refractivity contribution in [2.24, 2.45) is 32.7 Å². The van der Waals surface area contributed by atoms with Gasteiger partial charge in [-0.3, -0.25) is 29.2 Å². The molecule has 0 fully saturated rings. The molecule has 10 nitrogen and oxygen atoms in total. The average molecular weight is 575 g/mol. The predicted molar refractivity (Wildman–Crippen MR) is 156 cm³/mol. The maximum absolute atomic E-state index is 13.2. The molecule has 3 unspecified atom stereocenters. The normalized spacial score (nSPS) is 23.9. The van der Waals surface area contributed by atoms with Crippen molar-refractivity contribution >= 4 is 34.9 Å². The smallest absolute Gasteiger partial charge is 0.316 e. The second kappa shape index (κ2) is 13.6. The monoisotopic (exact) mass is 574 g/mol. The molecule has 0 spiro atoms. The van der Waals surface area contributed by atoms with Gasteiger partial charge in [0, 0.05) is 24.3 Å². The second-order valence-electron chi connectivity index (χ2n) is 12.3. The van der Waals surface area contributed by atoms with E-state index in [1.54, 1.807) is 34.6 Å².